The van der Waals surface area contributed by atoms with Gasteiger partial charge in [-0.25, -0.2) is 8.42 Å². The lowest BCUT2D eigenvalue weighted by molar-refractivity contribution is -0.135. The normalized spacial score (nSPS) is 24.5. The molecule has 1 aliphatic heterocycles. The Morgan fingerprint density at radius 1 is 1.53 bits per heavy atom. The molecule has 0 aromatic carbocycles. The van der Waals surface area contributed by atoms with E-state index in [2.05, 4.69) is 5.32 Å². The Labute approximate surface area is 103 Å². The number of carbonyl (C=O) groups excluding carboxylic acids is 1. The summed E-state index contributed by atoms with van der Waals surface area (Å²) in [5.41, 5.74) is 0. The van der Waals surface area contributed by atoms with E-state index in [0.29, 0.717) is 13.0 Å². The molecule has 0 aromatic heterocycles. The molecule has 1 aliphatic rings. The predicted molar refractivity (Wildman–Crippen MR) is 67.5 cm³/mol. The topological polar surface area (TPSA) is 66.5 Å². The molecule has 17 heavy (non-hydrogen) atoms. The third-order valence-electron chi connectivity index (χ3n) is 3.23. The van der Waals surface area contributed by atoms with Gasteiger partial charge in [-0.1, -0.05) is 13.8 Å². The van der Waals surface area contributed by atoms with Crippen molar-refractivity contribution in [1.29, 1.82) is 0 Å². The maximum atomic E-state index is 12.0. The average molecular weight is 262 g/mol. The molecule has 1 fully saturated rings. The summed E-state index contributed by atoms with van der Waals surface area (Å²) >= 11 is 0. The van der Waals surface area contributed by atoms with Crippen molar-refractivity contribution in [3.8, 4) is 0 Å². The lowest BCUT2D eigenvalue weighted by Gasteiger charge is -2.26. The van der Waals surface area contributed by atoms with Crippen LogP contribution in [0.1, 0.15) is 20.3 Å². The predicted octanol–water partition coefficient (Wildman–Crippen LogP) is -0.122. The summed E-state index contributed by atoms with van der Waals surface area (Å²) in [5.74, 6) is 0.233. The molecule has 0 saturated carbocycles. The monoisotopic (exact) mass is 262 g/mol. The summed E-state index contributed by atoms with van der Waals surface area (Å²) in [6.45, 7) is 5.33. The highest BCUT2D eigenvalue weighted by Crippen LogP contribution is 2.18. The summed E-state index contributed by atoms with van der Waals surface area (Å²) in [5, 5.41) is 3.12. The Morgan fingerprint density at radius 3 is 2.65 bits per heavy atom. The largest absolute Gasteiger partial charge is 0.341 e. The van der Waals surface area contributed by atoms with Crippen LogP contribution in [0, 0.1) is 5.92 Å². The quantitative estimate of drug-likeness (QED) is 0.750. The first kappa shape index (κ1) is 14.4. The highest BCUT2D eigenvalue weighted by Gasteiger charge is 2.33. The maximum absolute atomic E-state index is 12.0. The van der Waals surface area contributed by atoms with Crippen LogP contribution >= 0.6 is 0 Å². The zero-order valence-corrected chi connectivity index (χ0v) is 11.6. The van der Waals surface area contributed by atoms with Gasteiger partial charge in [0, 0.05) is 25.6 Å². The summed E-state index contributed by atoms with van der Waals surface area (Å²) in [7, 11) is -1.22. The van der Waals surface area contributed by atoms with Crippen LogP contribution in [-0.4, -0.2) is 56.9 Å². The molecule has 0 bridgehead atoms. The van der Waals surface area contributed by atoms with E-state index in [4.69, 9.17) is 0 Å². The van der Waals surface area contributed by atoms with Gasteiger partial charge in [0.2, 0.25) is 5.91 Å². The van der Waals surface area contributed by atoms with Crippen molar-refractivity contribution < 1.29 is 13.2 Å². The van der Waals surface area contributed by atoms with Crippen molar-refractivity contribution in [1.82, 2.24) is 10.2 Å². The fourth-order valence-electron chi connectivity index (χ4n) is 2.06. The summed E-state index contributed by atoms with van der Waals surface area (Å²) in [4.78, 5) is 13.6. The van der Waals surface area contributed by atoms with Crippen LogP contribution in [-0.2, 0) is 14.6 Å². The Kier molecular flexibility index (Phi) is 4.94. The van der Waals surface area contributed by atoms with Gasteiger partial charge in [0.15, 0.2) is 9.84 Å². The molecule has 1 heterocycles. The number of amides is 1. The van der Waals surface area contributed by atoms with E-state index >= 15 is 0 Å². The standard InChI is InChI=1S/C11H22N2O3S/c1-4-12-7-9(2)11(14)13(3)10-5-6-17(15,16)8-10/h9-10,12H,4-8H2,1-3H3. The second-order valence-electron chi connectivity index (χ2n) is 4.71. The average Bonchev–Trinajstić information content (AvgIpc) is 2.64. The van der Waals surface area contributed by atoms with Crippen LogP contribution in [0.5, 0.6) is 0 Å². The lowest BCUT2D eigenvalue weighted by Crippen LogP contribution is -2.43. The zero-order chi connectivity index (χ0) is 13.1. The minimum absolute atomic E-state index is 0.0213. The minimum atomic E-state index is -2.93. The number of nitrogens with zero attached hydrogens (tertiary/aromatic N) is 1. The van der Waals surface area contributed by atoms with Crippen LogP contribution in [0.4, 0.5) is 0 Å². The van der Waals surface area contributed by atoms with Crippen LogP contribution in [0.25, 0.3) is 0 Å². The number of rotatable bonds is 5. The van der Waals surface area contributed by atoms with Gasteiger partial charge in [0.25, 0.3) is 0 Å². The number of hydrogen-bond donors (Lipinski definition) is 1. The summed E-state index contributed by atoms with van der Waals surface area (Å²) < 4.78 is 22.7. The Bertz CT molecular complexity index is 367. The molecule has 0 radical (unpaired) electrons. The van der Waals surface area contributed by atoms with Gasteiger partial charge in [0.05, 0.1) is 11.5 Å². The molecule has 1 saturated heterocycles. The number of nitrogens with one attached hydrogen (secondary N) is 1. The lowest BCUT2D eigenvalue weighted by atomic mass is 10.1. The van der Waals surface area contributed by atoms with E-state index in [-0.39, 0.29) is 29.4 Å². The fourth-order valence-corrected chi connectivity index (χ4v) is 3.83. The molecule has 1 amide bonds. The highest BCUT2D eigenvalue weighted by atomic mass is 32.2. The molecule has 0 spiro atoms. The van der Waals surface area contributed by atoms with Gasteiger partial charge in [-0.15, -0.1) is 0 Å². The van der Waals surface area contributed by atoms with Gasteiger partial charge in [0.1, 0.15) is 0 Å². The third-order valence-corrected chi connectivity index (χ3v) is 4.98. The summed E-state index contributed by atoms with van der Waals surface area (Å²) in [6, 6.07) is -0.142. The second kappa shape index (κ2) is 5.82. The smallest absolute Gasteiger partial charge is 0.226 e. The van der Waals surface area contributed by atoms with E-state index in [0.717, 1.165) is 6.54 Å². The molecule has 0 aliphatic carbocycles. The van der Waals surface area contributed by atoms with Crippen molar-refractivity contribution in [2.24, 2.45) is 5.92 Å². The first-order chi connectivity index (χ1) is 7.87. The van der Waals surface area contributed by atoms with Gasteiger partial charge in [-0.3, -0.25) is 4.79 Å². The third kappa shape index (κ3) is 3.96. The van der Waals surface area contributed by atoms with E-state index in [1.165, 1.54) is 0 Å². The Balaban J connectivity index is 2.52. The Hall–Kier alpha value is -0.620. The van der Waals surface area contributed by atoms with Crippen molar-refractivity contribution >= 4 is 15.7 Å². The van der Waals surface area contributed by atoms with E-state index in [1.54, 1.807) is 11.9 Å². The number of carbonyl (C=O) groups is 1. The van der Waals surface area contributed by atoms with Gasteiger partial charge in [-0.05, 0) is 13.0 Å². The van der Waals surface area contributed by atoms with Crippen LogP contribution < -0.4 is 5.32 Å². The molecule has 5 nitrogen and oxygen atoms in total. The fraction of sp³-hybridized carbons (Fsp3) is 0.909. The molecule has 6 heteroatoms. The molecule has 100 valence electrons. The van der Waals surface area contributed by atoms with E-state index in [1.807, 2.05) is 13.8 Å². The highest BCUT2D eigenvalue weighted by molar-refractivity contribution is 7.91. The molecule has 0 aromatic rings. The van der Waals surface area contributed by atoms with Crippen molar-refractivity contribution in [3.05, 3.63) is 0 Å². The van der Waals surface area contributed by atoms with Crippen molar-refractivity contribution in [2.75, 3.05) is 31.6 Å². The zero-order valence-electron chi connectivity index (χ0n) is 10.8. The second-order valence-corrected chi connectivity index (χ2v) is 6.94. The maximum Gasteiger partial charge on any atom is 0.226 e. The van der Waals surface area contributed by atoms with Gasteiger partial charge >= 0.3 is 0 Å². The summed E-state index contributed by atoms with van der Waals surface area (Å²) in [6.07, 6.45) is 0.568. The van der Waals surface area contributed by atoms with Crippen molar-refractivity contribution in [3.63, 3.8) is 0 Å². The number of sulfone groups is 1. The molecule has 1 N–H and O–H groups in total. The molecule has 2 atom stereocenters. The molecule has 2 unspecified atom stereocenters. The molecular formula is C11H22N2O3S. The Morgan fingerprint density at radius 2 is 2.18 bits per heavy atom. The van der Waals surface area contributed by atoms with Crippen molar-refractivity contribution in [2.45, 2.75) is 26.3 Å². The van der Waals surface area contributed by atoms with E-state index < -0.39 is 9.84 Å². The molecular weight excluding hydrogens is 240 g/mol. The molecule has 1 rings (SSSR count). The van der Waals surface area contributed by atoms with E-state index in [9.17, 15) is 13.2 Å². The van der Waals surface area contributed by atoms with Crippen LogP contribution in [0.3, 0.4) is 0 Å². The van der Waals surface area contributed by atoms with Gasteiger partial charge < -0.3 is 10.2 Å². The first-order valence-electron chi connectivity index (χ1n) is 6.05. The SMILES string of the molecule is CCNCC(C)C(=O)N(C)C1CCS(=O)(=O)C1. The van der Waals surface area contributed by atoms with Crippen LogP contribution in [0.2, 0.25) is 0 Å². The van der Waals surface area contributed by atoms with Gasteiger partial charge in [-0.2, -0.15) is 0 Å². The minimum Gasteiger partial charge on any atom is -0.341 e. The first-order valence-corrected chi connectivity index (χ1v) is 7.87. The van der Waals surface area contributed by atoms with Crippen LogP contribution in [0.15, 0.2) is 0 Å². The number of hydrogen-bond acceptors (Lipinski definition) is 4.